The fourth-order valence-electron chi connectivity index (χ4n) is 3.75. The average Bonchev–Trinajstić information content (AvgIpc) is 3.05. The highest BCUT2D eigenvalue weighted by Gasteiger charge is 2.34. The molecule has 0 radical (unpaired) electrons. The van der Waals surface area contributed by atoms with Crippen LogP contribution in [0.1, 0.15) is 21.5 Å². The number of anilines is 1. The summed E-state index contributed by atoms with van der Waals surface area (Å²) in [5.74, 6) is 0.753. The summed E-state index contributed by atoms with van der Waals surface area (Å²) in [4.78, 5) is 19.7. The van der Waals surface area contributed by atoms with Crippen LogP contribution in [-0.4, -0.2) is 18.0 Å². The summed E-state index contributed by atoms with van der Waals surface area (Å²) in [6.07, 6.45) is 3.79. The van der Waals surface area contributed by atoms with E-state index in [2.05, 4.69) is 4.98 Å². The molecule has 0 saturated heterocycles. The number of amides is 1. The summed E-state index contributed by atoms with van der Waals surface area (Å²) in [6, 6.07) is 25.3. The quantitative estimate of drug-likeness (QED) is 0.479. The van der Waals surface area contributed by atoms with Gasteiger partial charge in [-0.1, -0.05) is 48.5 Å². The number of hydrogen-bond donors (Lipinski definition) is 0. The number of methoxy groups -OCH3 is 1. The first-order chi connectivity index (χ1) is 14.3. The molecule has 0 spiro atoms. The molecule has 4 heteroatoms. The minimum Gasteiger partial charge on any atom is -0.497 e. The zero-order valence-corrected chi connectivity index (χ0v) is 15.9. The molecule has 5 rings (SSSR count). The summed E-state index contributed by atoms with van der Waals surface area (Å²) in [7, 11) is 1.65. The van der Waals surface area contributed by atoms with Gasteiger partial charge in [-0.15, -0.1) is 0 Å². The van der Waals surface area contributed by atoms with Gasteiger partial charge in [0.25, 0.3) is 5.91 Å². The maximum Gasteiger partial charge on any atom is 0.263 e. The van der Waals surface area contributed by atoms with Crippen molar-refractivity contribution in [2.24, 2.45) is 0 Å². The van der Waals surface area contributed by atoms with Gasteiger partial charge in [-0.25, -0.2) is 0 Å². The van der Waals surface area contributed by atoms with Crippen molar-refractivity contribution in [3.05, 3.63) is 102 Å². The predicted molar refractivity (Wildman–Crippen MR) is 116 cm³/mol. The van der Waals surface area contributed by atoms with Crippen molar-refractivity contribution < 1.29 is 9.53 Å². The Hall–Kier alpha value is -3.92. The maximum atomic E-state index is 13.4. The molecular formula is C25H18N2O2. The predicted octanol–water partition coefficient (Wildman–Crippen LogP) is 5.40. The monoisotopic (exact) mass is 378 g/mol. The van der Waals surface area contributed by atoms with E-state index in [1.165, 1.54) is 0 Å². The van der Waals surface area contributed by atoms with E-state index in [1.807, 2.05) is 84.9 Å². The molecule has 1 aromatic heterocycles. The Bertz CT molecular complexity index is 1250. The van der Waals surface area contributed by atoms with E-state index in [9.17, 15) is 4.79 Å². The van der Waals surface area contributed by atoms with E-state index in [0.717, 1.165) is 39.2 Å². The van der Waals surface area contributed by atoms with Crippen molar-refractivity contribution in [2.45, 2.75) is 0 Å². The zero-order chi connectivity index (χ0) is 19.8. The van der Waals surface area contributed by atoms with E-state index in [4.69, 9.17) is 4.74 Å². The van der Waals surface area contributed by atoms with Gasteiger partial charge in [-0.2, -0.15) is 0 Å². The molecule has 140 valence electrons. The topological polar surface area (TPSA) is 42.4 Å². The van der Waals surface area contributed by atoms with Crippen molar-refractivity contribution in [3.8, 4) is 5.75 Å². The van der Waals surface area contributed by atoms with Crippen molar-refractivity contribution in [2.75, 3.05) is 12.0 Å². The summed E-state index contributed by atoms with van der Waals surface area (Å²) in [5.41, 5.74) is 5.03. The second kappa shape index (κ2) is 6.91. The first kappa shape index (κ1) is 17.2. The third kappa shape index (κ3) is 2.86. The number of nitrogens with zero attached hydrogens (tertiary/aromatic N) is 2. The van der Waals surface area contributed by atoms with E-state index in [1.54, 1.807) is 18.2 Å². The normalized spacial score (nSPS) is 14.4. The van der Waals surface area contributed by atoms with Crippen molar-refractivity contribution in [3.63, 3.8) is 0 Å². The van der Waals surface area contributed by atoms with Crippen LogP contribution in [0.25, 0.3) is 22.7 Å². The van der Waals surface area contributed by atoms with Crippen molar-refractivity contribution in [1.82, 2.24) is 4.98 Å². The number of aromatic nitrogens is 1. The van der Waals surface area contributed by atoms with Crippen LogP contribution in [0.4, 0.5) is 5.69 Å². The lowest BCUT2D eigenvalue weighted by atomic mass is 10.1. The lowest BCUT2D eigenvalue weighted by molar-refractivity contribution is 0.101. The molecule has 0 saturated carbocycles. The van der Waals surface area contributed by atoms with Gasteiger partial charge in [0.05, 0.1) is 24.0 Å². The molecule has 0 aliphatic carbocycles. The lowest BCUT2D eigenvalue weighted by Gasteiger charge is -2.20. The van der Waals surface area contributed by atoms with Crippen molar-refractivity contribution in [1.29, 1.82) is 0 Å². The summed E-state index contributed by atoms with van der Waals surface area (Å²) in [5, 5.41) is 0.998. The number of pyridine rings is 1. The highest BCUT2D eigenvalue weighted by atomic mass is 16.5. The molecule has 1 aliphatic heterocycles. The summed E-state index contributed by atoms with van der Waals surface area (Å²) >= 11 is 0. The minimum atomic E-state index is -0.0430. The third-order valence-corrected chi connectivity index (χ3v) is 5.15. The van der Waals surface area contributed by atoms with Crippen molar-refractivity contribution >= 4 is 34.3 Å². The van der Waals surface area contributed by atoms with Gasteiger partial charge < -0.3 is 4.74 Å². The van der Waals surface area contributed by atoms with E-state index < -0.39 is 0 Å². The number of hydrogen-bond acceptors (Lipinski definition) is 3. The Morgan fingerprint density at radius 1 is 0.862 bits per heavy atom. The van der Waals surface area contributed by atoms with E-state index in [0.29, 0.717) is 5.56 Å². The molecule has 0 bridgehead atoms. The first-order valence-electron chi connectivity index (χ1n) is 9.39. The largest absolute Gasteiger partial charge is 0.497 e. The highest BCUT2D eigenvalue weighted by molar-refractivity contribution is 6.26. The third-order valence-electron chi connectivity index (χ3n) is 5.15. The number of ether oxygens (including phenoxy) is 1. The van der Waals surface area contributed by atoms with Crippen LogP contribution in [0.2, 0.25) is 0 Å². The van der Waals surface area contributed by atoms with Crippen LogP contribution >= 0.6 is 0 Å². The Labute approximate surface area is 168 Å². The minimum absolute atomic E-state index is 0.0430. The van der Waals surface area contributed by atoms with Gasteiger partial charge in [0.2, 0.25) is 0 Å². The molecule has 0 fully saturated rings. The van der Waals surface area contributed by atoms with Crippen LogP contribution in [0.3, 0.4) is 0 Å². The number of fused-ring (bicyclic) bond motifs is 2. The van der Waals surface area contributed by atoms with Crippen LogP contribution in [0.15, 0.2) is 85.1 Å². The number of para-hydroxylation sites is 1. The zero-order valence-electron chi connectivity index (χ0n) is 15.9. The molecule has 1 amide bonds. The number of benzene rings is 3. The van der Waals surface area contributed by atoms with Gasteiger partial charge in [0.1, 0.15) is 5.75 Å². The molecule has 1 aliphatic rings. The van der Waals surface area contributed by atoms with Gasteiger partial charge in [0, 0.05) is 22.7 Å². The smallest absolute Gasteiger partial charge is 0.263 e. The lowest BCUT2D eigenvalue weighted by Crippen LogP contribution is -2.22. The molecule has 0 N–H and O–H groups in total. The summed E-state index contributed by atoms with van der Waals surface area (Å²) in [6.45, 7) is 0. The van der Waals surface area contributed by atoms with Gasteiger partial charge in [-0.3, -0.25) is 14.7 Å². The Morgan fingerprint density at radius 2 is 1.62 bits per heavy atom. The van der Waals surface area contributed by atoms with E-state index in [-0.39, 0.29) is 5.91 Å². The molecule has 29 heavy (non-hydrogen) atoms. The fraction of sp³-hybridized carbons (Fsp3) is 0.0400. The molecular weight excluding hydrogens is 360 g/mol. The molecule has 0 atom stereocenters. The van der Waals surface area contributed by atoms with E-state index >= 15 is 0 Å². The molecule has 2 heterocycles. The molecule has 4 aromatic rings. The summed E-state index contributed by atoms with van der Waals surface area (Å²) < 4.78 is 5.26. The highest BCUT2D eigenvalue weighted by Crippen LogP contribution is 2.40. The Kier molecular flexibility index (Phi) is 4.10. The van der Waals surface area contributed by atoms with Crippen LogP contribution < -0.4 is 9.64 Å². The number of rotatable bonds is 3. The van der Waals surface area contributed by atoms with Gasteiger partial charge in [0.15, 0.2) is 0 Å². The van der Waals surface area contributed by atoms with Gasteiger partial charge in [-0.05, 0) is 42.0 Å². The molecule has 3 aromatic carbocycles. The Morgan fingerprint density at radius 3 is 2.41 bits per heavy atom. The number of carbonyl (C=O) groups is 1. The Balaban J connectivity index is 1.72. The fourth-order valence-corrected chi connectivity index (χ4v) is 3.75. The SMILES string of the molecule is COc1ccc(/C=C2/c3ccccc3C(=O)N2c2cccc3cccnc23)cc1. The standard InChI is InChI=1S/C25H18N2O2/c1-29-19-13-11-17(12-14-19)16-23-20-8-2-3-9-21(20)25(28)27(23)22-10-4-6-18-7-5-15-26-24(18)22/h2-16H,1H3/b23-16-. The first-order valence-corrected chi connectivity index (χ1v) is 9.39. The van der Waals surface area contributed by atoms with Gasteiger partial charge >= 0.3 is 0 Å². The maximum absolute atomic E-state index is 13.4. The van der Waals surface area contributed by atoms with Crippen LogP contribution in [0.5, 0.6) is 5.75 Å². The molecule has 4 nitrogen and oxygen atoms in total. The second-order valence-electron chi connectivity index (χ2n) is 6.84. The molecule has 0 unspecified atom stereocenters. The number of carbonyl (C=O) groups excluding carboxylic acids is 1. The van der Waals surface area contributed by atoms with Crippen LogP contribution in [0, 0.1) is 0 Å². The van der Waals surface area contributed by atoms with Crippen LogP contribution in [-0.2, 0) is 0 Å². The second-order valence-corrected chi connectivity index (χ2v) is 6.84. The average molecular weight is 378 g/mol.